The molecule has 1 amide bonds. The number of thioether (sulfide) groups is 1. The fraction of sp³-hybridized carbons (Fsp3) is 0.810. The Hall–Kier alpha value is -1.48. The Labute approximate surface area is 194 Å². The van der Waals surface area contributed by atoms with Gasteiger partial charge in [0, 0.05) is 37.3 Å². The number of likely N-dealkylation sites (tertiary alicyclic amines) is 1. The van der Waals surface area contributed by atoms with Crippen molar-refractivity contribution in [3.8, 4) is 0 Å². The number of carboxylic acid groups (broad SMARTS) is 1. The van der Waals surface area contributed by atoms with Crippen LogP contribution in [-0.4, -0.2) is 87.3 Å². The number of carbonyl (C=O) groups is 2. The van der Waals surface area contributed by atoms with Crippen LogP contribution in [0.2, 0.25) is 0 Å². The summed E-state index contributed by atoms with van der Waals surface area (Å²) in [6.45, 7) is 7.71. The number of rotatable bonds is 6. The van der Waals surface area contributed by atoms with Crippen LogP contribution < -0.4 is 5.32 Å². The number of carbonyl (C=O) groups excluding carboxylic acids is 1. The van der Waals surface area contributed by atoms with E-state index in [1.807, 2.05) is 20.2 Å². The number of aliphatic imine (C=N–C) groups is 2. The molecule has 8 nitrogen and oxygen atoms in total. The maximum atomic E-state index is 12.5. The maximum absolute atomic E-state index is 12.5. The van der Waals surface area contributed by atoms with E-state index in [0.29, 0.717) is 5.92 Å². The van der Waals surface area contributed by atoms with Crippen molar-refractivity contribution in [2.75, 3.05) is 26.2 Å². The molecule has 4 heterocycles. The van der Waals surface area contributed by atoms with Crippen molar-refractivity contribution in [2.45, 2.75) is 74.6 Å². The molecule has 10 heteroatoms. The summed E-state index contributed by atoms with van der Waals surface area (Å²) in [6, 6.07) is -1.22. The summed E-state index contributed by atoms with van der Waals surface area (Å²) >= 11 is 1.55. The Morgan fingerprint density at radius 1 is 1.35 bits per heavy atom. The molecule has 3 saturated heterocycles. The van der Waals surface area contributed by atoms with Gasteiger partial charge in [0.25, 0.3) is 5.91 Å². The molecule has 0 aromatic rings. The van der Waals surface area contributed by atoms with E-state index in [2.05, 4.69) is 20.2 Å². The minimum Gasteiger partial charge on any atom is -0.480 e. The minimum absolute atomic E-state index is 0. The molecule has 0 aliphatic carbocycles. The fourth-order valence-corrected chi connectivity index (χ4v) is 6.52. The first-order valence-corrected chi connectivity index (χ1v) is 12.0. The van der Waals surface area contributed by atoms with E-state index in [1.54, 1.807) is 11.8 Å². The van der Waals surface area contributed by atoms with Gasteiger partial charge in [0.05, 0.1) is 12.2 Å². The molecule has 4 rings (SSSR count). The second kappa shape index (κ2) is 9.98. The molecule has 3 fully saturated rings. The third kappa shape index (κ3) is 5.13. The van der Waals surface area contributed by atoms with Crippen LogP contribution in [0.3, 0.4) is 0 Å². The zero-order valence-electron chi connectivity index (χ0n) is 18.3. The van der Waals surface area contributed by atoms with Crippen molar-refractivity contribution in [3.63, 3.8) is 0 Å². The molecule has 0 aromatic carbocycles. The molecule has 0 saturated carbocycles. The number of aliphatic carboxylic acids is 1. The Balaban J connectivity index is 0.00000272. The molecule has 0 aromatic heterocycles. The molecule has 3 atom stereocenters. The minimum atomic E-state index is -0.933. The summed E-state index contributed by atoms with van der Waals surface area (Å²) in [6.07, 6.45) is 8.71. The number of nitrogens with one attached hydrogen (secondary N) is 1. The van der Waals surface area contributed by atoms with Crippen LogP contribution in [0.25, 0.3) is 0 Å². The van der Waals surface area contributed by atoms with Gasteiger partial charge in [0.1, 0.15) is 11.4 Å². The van der Waals surface area contributed by atoms with Gasteiger partial charge in [-0.25, -0.2) is 4.79 Å². The van der Waals surface area contributed by atoms with Crippen LogP contribution in [0.1, 0.15) is 52.4 Å². The highest BCUT2D eigenvalue weighted by atomic mass is 35.5. The number of β-lactam (4-membered cyclic amide) rings is 1. The van der Waals surface area contributed by atoms with Crippen molar-refractivity contribution < 1.29 is 14.7 Å². The Kier molecular flexibility index (Phi) is 7.78. The van der Waals surface area contributed by atoms with Crippen LogP contribution >= 0.6 is 24.2 Å². The van der Waals surface area contributed by atoms with Gasteiger partial charge in [0.2, 0.25) is 0 Å². The number of amides is 1. The predicted molar refractivity (Wildman–Crippen MR) is 126 cm³/mol. The normalized spacial score (nSPS) is 30.7. The number of carboxylic acids is 1. The van der Waals surface area contributed by atoms with E-state index < -0.39 is 22.8 Å². The molecule has 4 aliphatic rings. The highest BCUT2D eigenvalue weighted by Crippen LogP contribution is 2.51. The molecule has 0 radical (unpaired) electrons. The first kappa shape index (κ1) is 24.2. The summed E-state index contributed by atoms with van der Waals surface area (Å²) in [5.41, 5.74) is 0. The van der Waals surface area contributed by atoms with Crippen molar-refractivity contribution in [2.24, 2.45) is 15.9 Å². The molecular formula is C21H34ClN5O3S. The summed E-state index contributed by atoms with van der Waals surface area (Å²) in [4.78, 5) is 37.0. The highest BCUT2D eigenvalue weighted by Gasteiger charge is 2.63. The van der Waals surface area contributed by atoms with Crippen molar-refractivity contribution in [3.05, 3.63) is 0 Å². The summed E-state index contributed by atoms with van der Waals surface area (Å²) in [5, 5.41) is 12.8. The molecule has 4 aliphatic heterocycles. The largest absolute Gasteiger partial charge is 0.480 e. The van der Waals surface area contributed by atoms with Gasteiger partial charge in [-0.1, -0.05) is 0 Å². The van der Waals surface area contributed by atoms with E-state index in [0.717, 1.165) is 45.4 Å². The van der Waals surface area contributed by atoms with E-state index in [9.17, 15) is 14.7 Å². The maximum Gasteiger partial charge on any atom is 0.327 e. The Morgan fingerprint density at radius 3 is 2.81 bits per heavy atom. The lowest BCUT2D eigenvalue weighted by atomic mass is 9.92. The molecule has 2 N–H and O–H groups in total. The van der Waals surface area contributed by atoms with E-state index >= 15 is 0 Å². The molecule has 0 bridgehead atoms. The number of piperidine rings is 1. The monoisotopic (exact) mass is 471 g/mol. The molecule has 0 spiro atoms. The number of nitrogens with zero attached hydrogens (tertiary/aromatic N) is 4. The van der Waals surface area contributed by atoms with Gasteiger partial charge >= 0.3 is 5.97 Å². The summed E-state index contributed by atoms with van der Waals surface area (Å²) < 4.78 is -0.495. The Bertz CT molecular complexity index is 739. The third-order valence-corrected chi connectivity index (χ3v) is 8.25. The molecule has 174 valence electrons. The predicted octanol–water partition coefficient (Wildman–Crippen LogP) is 2.23. The van der Waals surface area contributed by atoms with Crippen LogP contribution in [-0.2, 0) is 9.59 Å². The van der Waals surface area contributed by atoms with Gasteiger partial charge in [-0.3, -0.25) is 14.8 Å². The lowest BCUT2D eigenvalue weighted by Gasteiger charge is -2.41. The molecule has 2 unspecified atom stereocenters. The third-order valence-electron chi connectivity index (χ3n) is 6.69. The van der Waals surface area contributed by atoms with Gasteiger partial charge in [-0.2, -0.15) is 0 Å². The lowest BCUT2D eigenvalue weighted by Crippen LogP contribution is -2.65. The van der Waals surface area contributed by atoms with E-state index in [4.69, 9.17) is 0 Å². The molecule has 31 heavy (non-hydrogen) atoms. The number of amidine groups is 1. The van der Waals surface area contributed by atoms with Crippen molar-refractivity contribution >= 4 is 48.2 Å². The van der Waals surface area contributed by atoms with Crippen molar-refractivity contribution in [1.82, 2.24) is 15.1 Å². The SMILES string of the molecule is CC1(C)SC2C(N=CN3CCC(CCC4=NCCCCN4)CC3)C(=O)N2[C@H]1C(=O)O.Cl. The van der Waals surface area contributed by atoms with Crippen LogP contribution in [0, 0.1) is 5.92 Å². The summed E-state index contributed by atoms with van der Waals surface area (Å²) in [7, 11) is 0. The second-order valence-electron chi connectivity index (χ2n) is 9.29. The Morgan fingerprint density at radius 2 is 2.10 bits per heavy atom. The summed E-state index contributed by atoms with van der Waals surface area (Å²) in [5.74, 6) is 0.804. The van der Waals surface area contributed by atoms with Gasteiger partial charge < -0.3 is 20.2 Å². The zero-order valence-corrected chi connectivity index (χ0v) is 20.0. The molecular weight excluding hydrogens is 438 g/mol. The second-order valence-corrected chi connectivity index (χ2v) is 11.1. The fourth-order valence-electron chi connectivity index (χ4n) is 4.90. The first-order chi connectivity index (χ1) is 14.4. The number of hydrogen-bond donors (Lipinski definition) is 2. The standard InChI is InChI=1S/C21H33N5O3S.ClH/c1-21(2)17(20(28)29)26-18(27)16(19(26)30-21)24-13-25-11-7-14(8-12-25)5-6-15-22-9-3-4-10-23-15;/h13-14,16-17,19H,3-12H2,1-2H3,(H,22,23)(H,28,29);1H/t16?,17-,19?;/m0./s1. The van der Waals surface area contributed by atoms with E-state index in [-0.39, 0.29) is 23.7 Å². The highest BCUT2D eigenvalue weighted by molar-refractivity contribution is 8.01. The van der Waals surface area contributed by atoms with Crippen molar-refractivity contribution in [1.29, 1.82) is 0 Å². The van der Waals surface area contributed by atoms with Gasteiger partial charge in [-0.05, 0) is 51.9 Å². The topological polar surface area (TPSA) is 97.6 Å². The first-order valence-electron chi connectivity index (χ1n) is 11.1. The average Bonchev–Trinajstić information content (AvgIpc) is 2.85. The number of halogens is 1. The lowest BCUT2D eigenvalue weighted by molar-refractivity contribution is -0.158. The zero-order chi connectivity index (χ0) is 21.3. The van der Waals surface area contributed by atoms with Crippen LogP contribution in [0.5, 0.6) is 0 Å². The number of hydrogen-bond acceptors (Lipinski definition) is 6. The average molecular weight is 472 g/mol. The van der Waals surface area contributed by atoms with E-state index in [1.165, 1.54) is 30.0 Å². The van der Waals surface area contributed by atoms with Crippen LogP contribution in [0.4, 0.5) is 0 Å². The van der Waals surface area contributed by atoms with Gasteiger partial charge in [0.15, 0.2) is 6.04 Å². The van der Waals surface area contributed by atoms with Crippen LogP contribution in [0.15, 0.2) is 9.98 Å². The quantitative estimate of drug-likeness (QED) is 0.350. The number of fused-ring (bicyclic) bond motifs is 1. The van der Waals surface area contributed by atoms with Gasteiger partial charge in [-0.15, -0.1) is 24.2 Å². The smallest absolute Gasteiger partial charge is 0.327 e.